The van der Waals surface area contributed by atoms with Crippen LogP contribution in [0.1, 0.15) is 149 Å². The average Bonchev–Trinajstić information content (AvgIpc) is 2.96. The molecule has 2 atom stereocenters. The summed E-state index contributed by atoms with van der Waals surface area (Å²) in [5, 5.41) is 0. The second-order valence-electron chi connectivity index (χ2n) is 13.2. The van der Waals surface area contributed by atoms with Gasteiger partial charge in [-0.3, -0.25) is 9.36 Å². The Morgan fingerprint density at radius 1 is 0.682 bits per heavy atom. The number of phosphoric ester groups is 1. The Hall–Kier alpha value is -0.760. The predicted octanol–water partition coefficient (Wildman–Crippen LogP) is 8.91. The monoisotopic (exact) mass is 647 g/mol. The first kappa shape index (κ1) is 43.2. The summed E-state index contributed by atoms with van der Waals surface area (Å²) in [7, 11) is 1.35. The minimum Gasteiger partial charge on any atom is -0.756 e. The van der Waals surface area contributed by atoms with Crippen molar-refractivity contribution >= 4 is 13.8 Å². The quantitative estimate of drug-likeness (QED) is 0.0231. The Balaban J connectivity index is 4.32. The van der Waals surface area contributed by atoms with Crippen molar-refractivity contribution in [1.82, 2.24) is 0 Å². The molecule has 0 bridgehead atoms. The number of ether oxygens (including phenoxy) is 2. The lowest BCUT2D eigenvalue weighted by molar-refractivity contribution is -0.870. The highest BCUT2D eigenvalue weighted by molar-refractivity contribution is 7.45. The van der Waals surface area contributed by atoms with Crippen molar-refractivity contribution < 1.29 is 37.3 Å². The van der Waals surface area contributed by atoms with E-state index < -0.39 is 13.9 Å². The zero-order chi connectivity index (χ0) is 32.8. The molecule has 0 spiro atoms. The average molecular weight is 648 g/mol. The smallest absolute Gasteiger partial charge is 0.306 e. The summed E-state index contributed by atoms with van der Waals surface area (Å²) in [6.07, 6.45) is 27.9. The van der Waals surface area contributed by atoms with Crippen LogP contribution in [-0.4, -0.2) is 70.7 Å². The maximum atomic E-state index is 12.5. The molecule has 0 aromatic heterocycles. The molecule has 0 aliphatic heterocycles. The molecule has 0 rings (SSSR count). The summed E-state index contributed by atoms with van der Waals surface area (Å²) < 4.78 is 34.3. The van der Waals surface area contributed by atoms with Crippen molar-refractivity contribution in [2.75, 3.05) is 54.1 Å². The van der Waals surface area contributed by atoms with Crippen LogP contribution in [0.5, 0.6) is 0 Å². The lowest BCUT2D eigenvalue weighted by Crippen LogP contribution is -2.37. The van der Waals surface area contributed by atoms with Crippen molar-refractivity contribution in [1.29, 1.82) is 0 Å². The van der Waals surface area contributed by atoms with Gasteiger partial charge in [0.2, 0.25) is 0 Å². The number of carbonyl (C=O) groups is 1. The molecule has 0 radical (unpaired) electrons. The summed E-state index contributed by atoms with van der Waals surface area (Å²) in [6.45, 7) is 5.34. The molecule has 0 N–H and O–H groups in total. The number of nitrogens with zero attached hydrogens (tertiary/aromatic N) is 1. The molecule has 0 fully saturated rings. The Morgan fingerprint density at radius 3 is 1.82 bits per heavy atom. The fraction of sp³-hybridized carbons (Fsp3) is 0.914. The zero-order valence-electron chi connectivity index (χ0n) is 29.4. The minimum atomic E-state index is -4.51. The van der Waals surface area contributed by atoms with Crippen LogP contribution in [-0.2, 0) is 27.9 Å². The first-order chi connectivity index (χ1) is 21.1. The molecule has 0 aromatic carbocycles. The van der Waals surface area contributed by atoms with Crippen LogP contribution in [0.25, 0.3) is 0 Å². The lowest BCUT2D eigenvalue weighted by atomic mass is 10.1. The van der Waals surface area contributed by atoms with E-state index in [9.17, 15) is 14.3 Å². The van der Waals surface area contributed by atoms with Crippen LogP contribution in [0.4, 0.5) is 0 Å². The molecule has 262 valence electrons. The van der Waals surface area contributed by atoms with E-state index >= 15 is 0 Å². The molecule has 0 aromatic rings. The van der Waals surface area contributed by atoms with E-state index in [-0.39, 0.29) is 25.8 Å². The van der Waals surface area contributed by atoms with Gasteiger partial charge in [-0.15, -0.1) is 0 Å². The molecule has 8 nitrogen and oxygen atoms in total. The predicted molar refractivity (Wildman–Crippen MR) is 181 cm³/mol. The summed E-state index contributed by atoms with van der Waals surface area (Å²) in [4.78, 5) is 24.8. The number of unbranched alkanes of at least 4 members (excludes halogenated alkanes) is 17. The molecule has 0 amide bonds. The van der Waals surface area contributed by atoms with Gasteiger partial charge in [-0.25, -0.2) is 0 Å². The summed E-state index contributed by atoms with van der Waals surface area (Å²) in [6, 6.07) is 0. The fourth-order valence-electron chi connectivity index (χ4n) is 4.72. The van der Waals surface area contributed by atoms with E-state index in [0.717, 1.165) is 51.4 Å². The zero-order valence-corrected chi connectivity index (χ0v) is 30.3. The van der Waals surface area contributed by atoms with Gasteiger partial charge < -0.3 is 27.9 Å². The molecule has 0 saturated carbocycles. The lowest BCUT2D eigenvalue weighted by Gasteiger charge is -2.28. The number of likely N-dealkylation sites (N-methyl/N-ethyl adjacent to an activating group) is 1. The van der Waals surface area contributed by atoms with Crippen LogP contribution < -0.4 is 4.89 Å². The number of phosphoric acid groups is 1. The molecule has 9 heteroatoms. The molecular weight excluding hydrogens is 577 g/mol. The van der Waals surface area contributed by atoms with Crippen molar-refractivity contribution in [3.05, 3.63) is 12.2 Å². The summed E-state index contributed by atoms with van der Waals surface area (Å²) in [5.74, 6) is -0.346. The van der Waals surface area contributed by atoms with Gasteiger partial charge >= 0.3 is 5.97 Å². The first-order valence-corrected chi connectivity index (χ1v) is 19.4. The molecule has 0 aliphatic rings. The maximum absolute atomic E-state index is 12.5. The Bertz CT molecular complexity index is 726. The molecular formula is C35H70NO7P. The van der Waals surface area contributed by atoms with E-state index in [1.807, 2.05) is 21.1 Å². The number of carbonyl (C=O) groups excluding carboxylic acids is 1. The van der Waals surface area contributed by atoms with Crippen molar-refractivity contribution in [3.8, 4) is 0 Å². The molecule has 44 heavy (non-hydrogen) atoms. The van der Waals surface area contributed by atoms with Gasteiger partial charge in [-0.05, 0) is 32.1 Å². The van der Waals surface area contributed by atoms with Gasteiger partial charge in [0.15, 0.2) is 0 Å². The number of rotatable bonds is 33. The van der Waals surface area contributed by atoms with E-state index in [4.69, 9.17) is 18.5 Å². The van der Waals surface area contributed by atoms with Crippen LogP contribution in [0.3, 0.4) is 0 Å². The normalized spacial score (nSPS) is 14.2. The van der Waals surface area contributed by atoms with Crippen LogP contribution in [0, 0.1) is 0 Å². The largest absolute Gasteiger partial charge is 0.756 e. The third-order valence-electron chi connectivity index (χ3n) is 7.55. The van der Waals surface area contributed by atoms with Gasteiger partial charge in [0.25, 0.3) is 7.82 Å². The Morgan fingerprint density at radius 2 is 1.23 bits per heavy atom. The highest BCUT2D eigenvalue weighted by Gasteiger charge is 2.20. The fourth-order valence-corrected chi connectivity index (χ4v) is 5.45. The van der Waals surface area contributed by atoms with Crippen molar-refractivity contribution in [2.45, 2.75) is 155 Å². The van der Waals surface area contributed by atoms with E-state index in [0.29, 0.717) is 24.1 Å². The summed E-state index contributed by atoms with van der Waals surface area (Å²) in [5.41, 5.74) is 0. The molecule has 0 heterocycles. The van der Waals surface area contributed by atoms with Crippen LogP contribution >= 0.6 is 7.82 Å². The third-order valence-corrected chi connectivity index (χ3v) is 8.51. The minimum absolute atomic E-state index is 0.0270. The third kappa shape index (κ3) is 32.6. The topological polar surface area (TPSA) is 94.1 Å². The number of hydrogen-bond acceptors (Lipinski definition) is 7. The number of quaternary nitrogens is 1. The Kier molecular flexibility index (Phi) is 29.1. The Labute approximate surface area is 271 Å². The van der Waals surface area contributed by atoms with Crippen LogP contribution in [0.15, 0.2) is 12.2 Å². The maximum Gasteiger partial charge on any atom is 0.306 e. The van der Waals surface area contributed by atoms with E-state index in [1.165, 1.54) is 77.0 Å². The second kappa shape index (κ2) is 29.6. The highest BCUT2D eigenvalue weighted by Crippen LogP contribution is 2.38. The van der Waals surface area contributed by atoms with Gasteiger partial charge in [-0.2, -0.15) is 0 Å². The SMILES string of the molecule is CCC/C=C\CCCCCCCC(=O)OC(COCCCCCCCCCCCCCC)COP(=O)([O-])OCC[N+](C)(C)C. The van der Waals surface area contributed by atoms with E-state index in [1.54, 1.807) is 0 Å². The number of hydrogen-bond donors (Lipinski definition) is 0. The standard InChI is InChI=1S/C35H70NO7P/c1-6-8-10-12-14-16-18-19-21-23-25-27-30-40-32-34(33-42-44(38,39)41-31-29-36(3,4)5)43-35(37)28-26-24-22-20-17-15-13-11-9-7-2/h11,13,34H,6-10,12,14-33H2,1-5H3/b13-11-. The van der Waals surface area contributed by atoms with E-state index in [2.05, 4.69) is 26.0 Å². The number of allylic oxidation sites excluding steroid dienone is 2. The van der Waals surface area contributed by atoms with Gasteiger partial charge in [-0.1, -0.05) is 122 Å². The highest BCUT2D eigenvalue weighted by atomic mass is 31.2. The molecule has 2 unspecified atom stereocenters. The van der Waals surface area contributed by atoms with Crippen LogP contribution in [0.2, 0.25) is 0 Å². The first-order valence-electron chi connectivity index (χ1n) is 17.9. The number of esters is 1. The van der Waals surface area contributed by atoms with Gasteiger partial charge in [0.1, 0.15) is 19.3 Å². The summed E-state index contributed by atoms with van der Waals surface area (Å²) >= 11 is 0. The molecule has 0 aliphatic carbocycles. The van der Waals surface area contributed by atoms with Gasteiger partial charge in [0, 0.05) is 13.0 Å². The van der Waals surface area contributed by atoms with Crippen molar-refractivity contribution in [2.24, 2.45) is 0 Å². The van der Waals surface area contributed by atoms with Gasteiger partial charge in [0.05, 0.1) is 34.4 Å². The molecule has 0 saturated heterocycles. The second-order valence-corrected chi connectivity index (χ2v) is 14.6. The van der Waals surface area contributed by atoms with Crippen molar-refractivity contribution in [3.63, 3.8) is 0 Å².